The molecule has 2 unspecified atom stereocenters. The van der Waals surface area contributed by atoms with Gasteiger partial charge in [0.25, 0.3) is 5.91 Å². The summed E-state index contributed by atoms with van der Waals surface area (Å²) in [6, 6.07) is 1.27. The molecule has 0 spiro atoms. The number of amides is 1. The van der Waals surface area contributed by atoms with Crippen LogP contribution in [0.15, 0.2) is 22.7 Å². The van der Waals surface area contributed by atoms with Crippen LogP contribution in [0.2, 0.25) is 5.02 Å². The summed E-state index contributed by atoms with van der Waals surface area (Å²) in [4.78, 5) is 36.2. The summed E-state index contributed by atoms with van der Waals surface area (Å²) in [7, 11) is 0. The molecule has 3 atom stereocenters. The van der Waals surface area contributed by atoms with Crippen molar-refractivity contribution in [2.75, 3.05) is 0 Å². The van der Waals surface area contributed by atoms with Gasteiger partial charge in [0.05, 0.1) is 28.0 Å². The van der Waals surface area contributed by atoms with E-state index < -0.39 is 45.9 Å². The van der Waals surface area contributed by atoms with E-state index in [0.29, 0.717) is 0 Å². The van der Waals surface area contributed by atoms with Gasteiger partial charge in [0.1, 0.15) is 28.9 Å². The van der Waals surface area contributed by atoms with Crippen LogP contribution in [0.3, 0.4) is 0 Å². The number of carbonyl (C=O) groups excluding carboxylic acids is 2. The Morgan fingerprint density at radius 2 is 2.06 bits per heavy atom. The first-order chi connectivity index (χ1) is 14.4. The number of aromatic nitrogens is 1. The molecule has 2 aromatic rings. The average Bonchev–Trinajstić information content (AvgIpc) is 3.18. The van der Waals surface area contributed by atoms with Crippen molar-refractivity contribution >= 4 is 41.2 Å². The van der Waals surface area contributed by atoms with Gasteiger partial charge in [0.2, 0.25) is 0 Å². The maximum atomic E-state index is 14.4. The van der Waals surface area contributed by atoms with E-state index in [-0.39, 0.29) is 57.2 Å². The number of thioether (sulfide) groups is 1. The molecule has 166 valence electrons. The summed E-state index contributed by atoms with van der Waals surface area (Å²) >= 11 is 7.10. The molecule has 1 aliphatic heterocycles. The minimum Gasteiger partial charge on any atom is -0.548 e. The summed E-state index contributed by atoms with van der Waals surface area (Å²) in [6.07, 6.45) is 0. The van der Waals surface area contributed by atoms with E-state index in [9.17, 15) is 29.0 Å². The van der Waals surface area contributed by atoms with Crippen LogP contribution in [0.1, 0.15) is 30.0 Å². The van der Waals surface area contributed by atoms with Crippen LogP contribution in [0.5, 0.6) is 0 Å². The molecule has 3 N–H and O–H groups in total. The average molecular weight is 494 g/mol. The van der Waals surface area contributed by atoms with Crippen LogP contribution < -0.4 is 45.3 Å². The first-order valence-corrected chi connectivity index (χ1v) is 10.3. The van der Waals surface area contributed by atoms with Gasteiger partial charge in [0.15, 0.2) is 0 Å². The van der Waals surface area contributed by atoms with Crippen LogP contribution in [0, 0.1) is 12.7 Å². The van der Waals surface area contributed by atoms with E-state index in [0.717, 1.165) is 17.8 Å². The van der Waals surface area contributed by atoms with Gasteiger partial charge < -0.3 is 24.8 Å². The second-order valence-corrected chi connectivity index (χ2v) is 9.61. The predicted octanol–water partition coefficient (Wildman–Crippen LogP) is -1.81. The van der Waals surface area contributed by atoms with E-state index in [1.54, 1.807) is 13.8 Å². The Balaban J connectivity index is 0.00000363. The molecule has 9 nitrogen and oxygen atoms in total. The van der Waals surface area contributed by atoms with Crippen molar-refractivity contribution in [1.29, 1.82) is 0 Å². The molecule has 0 radical (unpaired) electrons. The quantitative estimate of drug-likeness (QED) is 0.396. The number of hydrogen-bond donors (Lipinski definition) is 3. The van der Waals surface area contributed by atoms with Gasteiger partial charge in [0, 0.05) is 4.75 Å². The number of rotatable bonds is 6. The number of aliphatic carboxylic acids is 2. The monoisotopic (exact) mass is 493 g/mol. The van der Waals surface area contributed by atoms with Crippen molar-refractivity contribution in [3.8, 4) is 11.3 Å². The zero-order valence-electron chi connectivity index (χ0n) is 17.6. The van der Waals surface area contributed by atoms with Crippen molar-refractivity contribution in [2.24, 2.45) is 0 Å². The van der Waals surface area contributed by atoms with Gasteiger partial charge in [-0.2, -0.15) is 0 Å². The van der Waals surface area contributed by atoms with Gasteiger partial charge in [-0.3, -0.25) is 14.9 Å². The molecule has 32 heavy (non-hydrogen) atoms. The van der Waals surface area contributed by atoms with Gasteiger partial charge >= 0.3 is 35.5 Å². The molecule has 1 aromatic carbocycles. The van der Waals surface area contributed by atoms with Crippen LogP contribution >= 0.6 is 23.4 Å². The zero-order valence-corrected chi connectivity index (χ0v) is 21.1. The summed E-state index contributed by atoms with van der Waals surface area (Å²) in [5.74, 6) is -4.43. The summed E-state index contributed by atoms with van der Waals surface area (Å²) in [6.45, 7) is 4.68. The molecule has 2 heterocycles. The summed E-state index contributed by atoms with van der Waals surface area (Å²) < 4.78 is 18.5. The standard InChI is InChI=1S/C19H19ClFN3O6S.Na/c1-7-10(12(24-30-7)11-8(20)5-4-6-9(11)21)15(25)22-13(17(26)27)16-23-14(18(28)29)19(2,3)31-16;/h4-6,13-14,16,23H,1-3H3,(H,22,25)(H,26,27)(H,28,29);/q;+1/p-1/t13?,14-,16?;/m0./s1. The maximum absolute atomic E-state index is 14.4. The fourth-order valence-corrected chi connectivity index (χ4v) is 5.06. The van der Waals surface area contributed by atoms with Gasteiger partial charge in [-0.15, -0.1) is 11.8 Å². The number of carbonyl (C=O) groups is 3. The van der Waals surface area contributed by atoms with Crippen molar-refractivity contribution in [2.45, 2.75) is 43.0 Å². The van der Waals surface area contributed by atoms with E-state index >= 15 is 0 Å². The Bertz CT molecular complexity index is 1050. The molecule has 1 aromatic heterocycles. The van der Waals surface area contributed by atoms with Crippen molar-refractivity contribution in [3.63, 3.8) is 0 Å². The topological polar surface area (TPSA) is 145 Å². The smallest absolute Gasteiger partial charge is 0.548 e. The molecule has 1 aliphatic rings. The third-order valence-electron chi connectivity index (χ3n) is 4.84. The second kappa shape index (κ2) is 10.1. The maximum Gasteiger partial charge on any atom is 1.00 e. The number of nitrogens with zero attached hydrogens (tertiary/aromatic N) is 1. The molecule has 0 bridgehead atoms. The zero-order chi connectivity index (χ0) is 23.1. The first-order valence-electron chi connectivity index (χ1n) is 9.03. The number of carboxylic acid groups (broad SMARTS) is 2. The summed E-state index contributed by atoms with van der Waals surface area (Å²) in [5, 5.41) is 28.9. The van der Waals surface area contributed by atoms with Crippen LogP contribution in [0.25, 0.3) is 11.3 Å². The number of benzene rings is 1. The Kier molecular flexibility index (Phi) is 8.41. The minimum atomic E-state index is -1.63. The van der Waals surface area contributed by atoms with Gasteiger partial charge in [-0.25, -0.2) is 4.39 Å². The molecule has 1 amide bonds. The molecule has 13 heteroatoms. The van der Waals surface area contributed by atoms with Gasteiger partial charge in [-0.1, -0.05) is 22.8 Å². The number of carboxylic acids is 2. The Morgan fingerprint density at radius 1 is 1.41 bits per heavy atom. The normalized spacial score (nSPS) is 20.3. The second-order valence-electron chi connectivity index (χ2n) is 7.41. The Morgan fingerprint density at radius 3 is 2.59 bits per heavy atom. The van der Waals surface area contributed by atoms with E-state index in [1.165, 1.54) is 19.1 Å². The Hall–Kier alpha value is -1.63. The fourth-order valence-electron chi connectivity index (χ4n) is 3.33. The van der Waals surface area contributed by atoms with Crippen molar-refractivity contribution in [1.82, 2.24) is 15.8 Å². The molecular weight excluding hydrogens is 476 g/mol. The van der Waals surface area contributed by atoms with E-state index in [4.69, 9.17) is 16.1 Å². The minimum absolute atomic E-state index is 0. The van der Waals surface area contributed by atoms with Crippen molar-refractivity contribution in [3.05, 3.63) is 40.4 Å². The third-order valence-corrected chi connectivity index (χ3v) is 6.66. The largest absolute Gasteiger partial charge is 1.00 e. The number of halogens is 2. The van der Waals surface area contributed by atoms with Crippen LogP contribution in [-0.2, 0) is 9.59 Å². The third kappa shape index (κ3) is 5.13. The fraction of sp³-hybridized carbons (Fsp3) is 0.368. The molecule has 0 aliphatic carbocycles. The van der Waals surface area contributed by atoms with E-state index in [2.05, 4.69) is 15.8 Å². The first kappa shape index (κ1) is 26.6. The van der Waals surface area contributed by atoms with E-state index in [1.807, 2.05) is 0 Å². The Labute approximate surface area is 213 Å². The van der Waals surface area contributed by atoms with Crippen LogP contribution in [0.4, 0.5) is 4.39 Å². The summed E-state index contributed by atoms with van der Waals surface area (Å²) in [5.41, 5.74) is -0.558. The van der Waals surface area contributed by atoms with Crippen LogP contribution in [-0.4, -0.2) is 50.3 Å². The molecule has 0 saturated carbocycles. The molecule has 1 fully saturated rings. The molecule has 3 rings (SSSR count). The number of nitrogens with one attached hydrogen (secondary N) is 2. The van der Waals surface area contributed by atoms with Crippen molar-refractivity contribution < 1.29 is 63.1 Å². The molecular formula is C19H18ClFN3NaO6S. The number of hydrogen-bond acceptors (Lipinski definition) is 8. The number of aryl methyl sites for hydroxylation is 1. The molecule has 1 saturated heterocycles. The predicted molar refractivity (Wildman–Crippen MR) is 108 cm³/mol. The van der Waals surface area contributed by atoms with Gasteiger partial charge in [-0.05, 0) is 32.9 Å². The SMILES string of the molecule is Cc1onc(-c2c(F)cccc2Cl)c1C(=O)NC(C(=O)[O-])C1N[C@@H](C(=O)O)C(C)(C)S1.[Na+].